The minimum atomic E-state index is -1.12. The Morgan fingerprint density at radius 2 is 1.60 bits per heavy atom. The summed E-state index contributed by atoms with van der Waals surface area (Å²) in [6.45, 7) is 28.1. The molecule has 0 amide bonds. The van der Waals surface area contributed by atoms with E-state index in [0.29, 0.717) is 34.0 Å². The monoisotopic (exact) mass is 654 g/mol. The number of carbonyl (C=O) groups excluding carboxylic acids is 1. The van der Waals surface area contributed by atoms with Gasteiger partial charge in [0.2, 0.25) is 0 Å². The van der Waals surface area contributed by atoms with Crippen molar-refractivity contribution in [1.29, 1.82) is 0 Å². The van der Waals surface area contributed by atoms with Crippen molar-refractivity contribution < 1.29 is 24.2 Å². The van der Waals surface area contributed by atoms with Crippen molar-refractivity contribution in [2.45, 2.75) is 139 Å². The summed E-state index contributed by atoms with van der Waals surface area (Å²) in [5.41, 5.74) is 1.45. The van der Waals surface area contributed by atoms with E-state index in [1.165, 1.54) is 69.9 Å². The quantitative estimate of drug-likeness (QED) is 0.209. The maximum absolute atomic E-state index is 13.1. The van der Waals surface area contributed by atoms with Gasteiger partial charge in [0.25, 0.3) is 0 Å². The number of hydrogen-bond acceptors (Lipinski definition) is 5. The summed E-state index contributed by atoms with van der Waals surface area (Å²) in [6.07, 6.45) is 13.6. The molecule has 5 saturated carbocycles. The number of hydrogen-bond donors (Lipinski definition) is 1. The second kappa shape index (κ2) is 12.1. The van der Waals surface area contributed by atoms with Gasteiger partial charge in [-0.05, 0) is 149 Å². The number of fused-ring (bicyclic) bond motifs is 7. The fourth-order valence-electron chi connectivity index (χ4n) is 13.7. The number of carboxylic acid groups (broad SMARTS) is 1. The molecule has 6 heteroatoms. The van der Waals surface area contributed by atoms with E-state index in [0.717, 1.165) is 51.0 Å². The van der Waals surface area contributed by atoms with Crippen LogP contribution in [0.15, 0.2) is 12.2 Å². The van der Waals surface area contributed by atoms with Crippen LogP contribution in [0.5, 0.6) is 0 Å². The molecule has 266 valence electrons. The molecule has 0 aromatic heterocycles. The largest absolute Gasteiger partial charge is 0.481 e. The van der Waals surface area contributed by atoms with Crippen LogP contribution in [0.25, 0.3) is 0 Å². The summed E-state index contributed by atoms with van der Waals surface area (Å²) in [4.78, 5) is 27.4. The highest BCUT2D eigenvalue weighted by Crippen LogP contribution is 2.78. The van der Waals surface area contributed by atoms with Crippen LogP contribution in [0.4, 0.5) is 0 Å². The Bertz CT molecular complexity index is 1240. The average Bonchev–Trinajstić information content (AvgIpc) is 3.38. The molecule has 47 heavy (non-hydrogen) atoms. The SMILES string of the molecule is C=C(C)[C@@H]1CC[C@]2(CCN3CCOCC3)CC[C@]3(C)[C@H](CC[C@@H]4[C@@]5(C)CC[C@H](OC(=O)CC(C)(C)C(=O)O)C(C)(C)[C@@H]5CC[C@]43C)[C@@H]12. The standard InChI is InChI=1S/C41H67NO5/c1-27(2)28-12-17-41(20-21-42-22-24-46-25-23-42)19-18-39(8)29(34(28)41)10-11-31-38(7)15-14-32(47-33(43)26-36(3,4)35(44)45)37(5,6)30(38)13-16-40(31,39)9/h28-32,34H,1,10-26H2,2-9H3,(H,44,45)/t28-,29+,30-,31+,32-,34+,38-,39+,40+,41+/m0/s1. The lowest BCUT2D eigenvalue weighted by molar-refractivity contribution is -0.250. The van der Waals surface area contributed by atoms with Crippen molar-refractivity contribution in [3.05, 3.63) is 12.2 Å². The van der Waals surface area contributed by atoms with Crippen LogP contribution in [-0.2, 0) is 19.1 Å². The lowest BCUT2D eigenvalue weighted by Crippen LogP contribution is -2.66. The third kappa shape index (κ3) is 5.56. The van der Waals surface area contributed by atoms with E-state index in [-0.39, 0.29) is 29.3 Å². The zero-order chi connectivity index (χ0) is 34.2. The molecule has 0 unspecified atom stereocenters. The maximum atomic E-state index is 13.1. The number of aliphatic carboxylic acids is 1. The van der Waals surface area contributed by atoms with Crippen molar-refractivity contribution >= 4 is 11.9 Å². The predicted molar refractivity (Wildman–Crippen MR) is 187 cm³/mol. The predicted octanol–water partition coefficient (Wildman–Crippen LogP) is 8.78. The van der Waals surface area contributed by atoms with E-state index >= 15 is 0 Å². The number of nitrogens with zero attached hydrogens (tertiary/aromatic N) is 1. The summed E-state index contributed by atoms with van der Waals surface area (Å²) in [5, 5.41) is 9.59. The number of allylic oxidation sites excluding steroid dienone is 1. The lowest BCUT2D eigenvalue weighted by Gasteiger charge is -2.73. The van der Waals surface area contributed by atoms with Gasteiger partial charge in [-0.2, -0.15) is 0 Å². The Balaban J connectivity index is 1.23. The van der Waals surface area contributed by atoms with Gasteiger partial charge in [-0.1, -0.05) is 46.8 Å². The molecule has 0 aromatic carbocycles. The number of carboxylic acids is 1. The summed E-state index contributed by atoms with van der Waals surface area (Å²) >= 11 is 0. The molecule has 6 fully saturated rings. The third-order valence-corrected chi connectivity index (χ3v) is 16.6. The van der Waals surface area contributed by atoms with Gasteiger partial charge in [0.05, 0.1) is 25.0 Å². The Kier molecular flexibility index (Phi) is 9.14. The zero-order valence-corrected chi connectivity index (χ0v) is 31.2. The molecule has 1 N–H and O–H groups in total. The Morgan fingerprint density at radius 3 is 2.26 bits per heavy atom. The van der Waals surface area contributed by atoms with E-state index in [2.05, 4.69) is 53.0 Å². The normalized spacial score (nSPS) is 44.8. The molecule has 6 aliphatic rings. The molecule has 10 atom stereocenters. The summed E-state index contributed by atoms with van der Waals surface area (Å²) in [5.74, 6) is 2.01. The zero-order valence-electron chi connectivity index (χ0n) is 31.2. The second-order valence-corrected chi connectivity index (χ2v) is 19.5. The highest BCUT2D eigenvalue weighted by Gasteiger charge is 2.71. The number of carbonyl (C=O) groups is 2. The molecular formula is C41H67NO5. The van der Waals surface area contributed by atoms with Gasteiger partial charge in [0.15, 0.2) is 0 Å². The molecule has 1 saturated heterocycles. The number of ether oxygens (including phenoxy) is 2. The fourth-order valence-corrected chi connectivity index (χ4v) is 13.7. The van der Waals surface area contributed by atoms with Gasteiger partial charge in [0.1, 0.15) is 6.10 Å². The summed E-state index contributed by atoms with van der Waals surface area (Å²) < 4.78 is 11.9. The van der Waals surface area contributed by atoms with Gasteiger partial charge in [-0.3, -0.25) is 14.5 Å². The number of esters is 1. The first-order valence-electron chi connectivity index (χ1n) is 19.3. The van der Waals surface area contributed by atoms with E-state index in [1.807, 2.05) is 0 Å². The molecule has 6 nitrogen and oxygen atoms in total. The maximum Gasteiger partial charge on any atom is 0.309 e. The molecule has 6 rings (SSSR count). The summed E-state index contributed by atoms with van der Waals surface area (Å²) in [7, 11) is 0. The van der Waals surface area contributed by atoms with Gasteiger partial charge in [0, 0.05) is 18.5 Å². The van der Waals surface area contributed by atoms with Crippen molar-refractivity contribution in [1.82, 2.24) is 4.90 Å². The molecule has 0 bridgehead atoms. The third-order valence-electron chi connectivity index (χ3n) is 16.6. The van der Waals surface area contributed by atoms with E-state index in [1.54, 1.807) is 13.8 Å². The lowest BCUT2D eigenvalue weighted by atomic mass is 9.32. The van der Waals surface area contributed by atoms with Gasteiger partial charge in [-0.25, -0.2) is 0 Å². The molecule has 5 aliphatic carbocycles. The topological polar surface area (TPSA) is 76.1 Å². The number of morpholine rings is 1. The second-order valence-electron chi connectivity index (χ2n) is 19.5. The molecule has 0 spiro atoms. The Morgan fingerprint density at radius 1 is 0.894 bits per heavy atom. The van der Waals surface area contributed by atoms with Crippen LogP contribution < -0.4 is 0 Å². The van der Waals surface area contributed by atoms with Gasteiger partial charge < -0.3 is 14.6 Å². The first kappa shape index (κ1) is 35.4. The van der Waals surface area contributed by atoms with E-state index in [4.69, 9.17) is 9.47 Å². The van der Waals surface area contributed by atoms with Gasteiger partial charge >= 0.3 is 11.9 Å². The van der Waals surface area contributed by atoms with Gasteiger partial charge in [-0.15, -0.1) is 0 Å². The fraction of sp³-hybridized carbons (Fsp3) is 0.902. The minimum absolute atomic E-state index is 0.0857. The van der Waals surface area contributed by atoms with E-state index in [9.17, 15) is 14.7 Å². The Labute approximate surface area is 286 Å². The van der Waals surface area contributed by atoms with Crippen LogP contribution in [0.3, 0.4) is 0 Å². The molecular weight excluding hydrogens is 586 g/mol. The molecule has 1 aliphatic heterocycles. The first-order chi connectivity index (χ1) is 21.9. The molecule has 0 aromatic rings. The van der Waals surface area contributed by atoms with Crippen molar-refractivity contribution in [2.24, 2.45) is 62.1 Å². The highest BCUT2D eigenvalue weighted by atomic mass is 16.5. The van der Waals surface area contributed by atoms with Crippen LogP contribution in [0, 0.1) is 62.1 Å². The minimum Gasteiger partial charge on any atom is -0.481 e. The van der Waals surface area contributed by atoms with Crippen LogP contribution in [0.2, 0.25) is 0 Å². The smallest absolute Gasteiger partial charge is 0.309 e. The van der Waals surface area contributed by atoms with Crippen LogP contribution >= 0.6 is 0 Å². The van der Waals surface area contributed by atoms with Crippen LogP contribution in [-0.4, -0.2) is 60.9 Å². The average molecular weight is 654 g/mol. The first-order valence-corrected chi connectivity index (χ1v) is 19.3. The van der Waals surface area contributed by atoms with Crippen molar-refractivity contribution in [2.75, 3.05) is 32.8 Å². The van der Waals surface area contributed by atoms with Crippen LogP contribution in [0.1, 0.15) is 132 Å². The van der Waals surface area contributed by atoms with Crippen molar-refractivity contribution in [3.8, 4) is 0 Å². The molecule has 1 heterocycles. The summed E-state index contributed by atoms with van der Waals surface area (Å²) in [6, 6.07) is 0. The highest BCUT2D eigenvalue weighted by molar-refractivity contribution is 5.81. The Hall–Kier alpha value is -1.40. The van der Waals surface area contributed by atoms with E-state index < -0.39 is 11.4 Å². The molecule has 0 radical (unpaired) electrons. The number of rotatable bonds is 8. The van der Waals surface area contributed by atoms with Crippen molar-refractivity contribution in [3.63, 3.8) is 0 Å².